The Labute approximate surface area is 120 Å². The van der Waals surface area contributed by atoms with Crippen molar-refractivity contribution in [2.75, 3.05) is 6.61 Å². The van der Waals surface area contributed by atoms with Gasteiger partial charge in [0.15, 0.2) is 5.69 Å². The third kappa shape index (κ3) is 2.16. The van der Waals surface area contributed by atoms with Crippen molar-refractivity contribution < 1.29 is 19.1 Å². The highest BCUT2D eigenvalue weighted by atomic mass is 16.5. The summed E-state index contributed by atoms with van der Waals surface area (Å²) >= 11 is 0. The highest BCUT2D eigenvalue weighted by Gasteiger charge is 2.28. The van der Waals surface area contributed by atoms with Crippen molar-refractivity contribution in [3.63, 3.8) is 0 Å². The van der Waals surface area contributed by atoms with Crippen LogP contribution >= 0.6 is 0 Å². The van der Waals surface area contributed by atoms with Gasteiger partial charge >= 0.3 is 5.97 Å². The molecule has 0 radical (unpaired) electrons. The van der Waals surface area contributed by atoms with E-state index in [2.05, 4.69) is 10.3 Å². The predicted molar refractivity (Wildman–Crippen MR) is 71.4 cm³/mol. The summed E-state index contributed by atoms with van der Waals surface area (Å²) in [5.74, 6) is 0.0762. The Morgan fingerprint density at radius 3 is 3.14 bits per heavy atom. The smallest absolute Gasteiger partial charge is 0.360 e. The lowest BCUT2D eigenvalue weighted by atomic mass is 10.1. The molecule has 7 heteroatoms. The van der Waals surface area contributed by atoms with E-state index in [0.29, 0.717) is 17.1 Å². The molecule has 108 valence electrons. The number of ether oxygens (including phenoxy) is 2. The van der Waals surface area contributed by atoms with Gasteiger partial charge in [-0.2, -0.15) is 0 Å². The summed E-state index contributed by atoms with van der Waals surface area (Å²) in [6.45, 7) is 2.15. The lowest BCUT2D eigenvalue weighted by Gasteiger charge is -2.20. The van der Waals surface area contributed by atoms with E-state index in [1.807, 2.05) is 12.1 Å². The monoisotopic (exact) mass is 287 g/mol. The van der Waals surface area contributed by atoms with E-state index >= 15 is 0 Å². The van der Waals surface area contributed by atoms with Gasteiger partial charge in [0.1, 0.15) is 30.0 Å². The van der Waals surface area contributed by atoms with Crippen LogP contribution in [0.5, 0.6) is 5.75 Å². The minimum absolute atomic E-state index is 0.156. The summed E-state index contributed by atoms with van der Waals surface area (Å²) in [6, 6.07) is 5.43. The molecule has 0 unspecified atom stereocenters. The third-order valence-electron chi connectivity index (χ3n) is 3.19. The Bertz CT molecular complexity index is 708. The molecule has 3 rings (SSSR count). The van der Waals surface area contributed by atoms with E-state index < -0.39 is 5.97 Å². The van der Waals surface area contributed by atoms with Crippen LogP contribution in [0.25, 0.3) is 5.69 Å². The molecule has 2 heterocycles. The summed E-state index contributed by atoms with van der Waals surface area (Å²) in [7, 11) is 0. The Balaban J connectivity index is 2.06. The van der Waals surface area contributed by atoms with Crippen LogP contribution in [-0.4, -0.2) is 33.9 Å². The molecule has 1 aliphatic heterocycles. The van der Waals surface area contributed by atoms with Crippen LogP contribution in [0.4, 0.5) is 0 Å². The summed E-state index contributed by atoms with van der Waals surface area (Å²) < 4.78 is 12.2. The molecule has 0 fully saturated rings. The van der Waals surface area contributed by atoms with Crippen LogP contribution < -0.4 is 4.74 Å². The lowest BCUT2D eigenvalue weighted by Crippen LogP contribution is -2.18. The Morgan fingerprint density at radius 2 is 2.38 bits per heavy atom. The van der Waals surface area contributed by atoms with Gasteiger partial charge in [-0.1, -0.05) is 17.3 Å². The molecule has 1 aromatic carbocycles. The first-order valence-corrected chi connectivity index (χ1v) is 6.56. The van der Waals surface area contributed by atoms with E-state index in [0.717, 1.165) is 11.8 Å². The number of nitrogens with zero attached hydrogens (tertiary/aromatic N) is 3. The molecule has 0 atom stereocenters. The van der Waals surface area contributed by atoms with Gasteiger partial charge in [0.25, 0.3) is 0 Å². The van der Waals surface area contributed by atoms with E-state index in [4.69, 9.17) is 9.47 Å². The number of fused-ring (bicyclic) bond motifs is 3. The van der Waals surface area contributed by atoms with Crippen LogP contribution in [-0.2, 0) is 22.6 Å². The molecular weight excluding hydrogens is 274 g/mol. The molecule has 1 aromatic heterocycles. The fraction of sp³-hybridized carbons (Fsp3) is 0.286. The second-order valence-corrected chi connectivity index (χ2v) is 4.44. The van der Waals surface area contributed by atoms with E-state index in [-0.39, 0.29) is 25.3 Å². The van der Waals surface area contributed by atoms with Gasteiger partial charge in [0.05, 0.1) is 6.61 Å². The van der Waals surface area contributed by atoms with E-state index in [9.17, 15) is 9.59 Å². The second kappa shape index (κ2) is 5.35. The molecule has 0 bridgehead atoms. The maximum absolute atomic E-state index is 11.8. The Morgan fingerprint density at radius 1 is 1.52 bits per heavy atom. The zero-order chi connectivity index (χ0) is 14.8. The molecule has 0 aliphatic carbocycles. The minimum atomic E-state index is -0.519. The molecule has 21 heavy (non-hydrogen) atoms. The first-order valence-electron chi connectivity index (χ1n) is 6.56. The number of carbonyl (C=O) groups excluding carboxylic acids is 2. The zero-order valence-electron chi connectivity index (χ0n) is 11.4. The van der Waals surface area contributed by atoms with Crippen molar-refractivity contribution in [1.29, 1.82) is 0 Å². The molecule has 1 aliphatic rings. The normalized spacial score (nSPS) is 12.0. The van der Waals surface area contributed by atoms with Crippen molar-refractivity contribution >= 4 is 12.3 Å². The molecule has 0 saturated heterocycles. The summed E-state index contributed by atoms with van der Waals surface area (Å²) in [5.41, 5.74) is 2.15. The van der Waals surface area contributed by atoms with Crippen molar-refractivity contribution in [3.05, 3.63) is 35.2 Å². The number of aldehydes is 1. The average Bonchev–Trinajstić information content (AvgIpc) is 2.92. The fourth-order valence-corrected chi connectivity index (χ4v) is 2.28. The van der Waals surface area contributed by atoms with Crippen LogP contribution in [0.15, 0.2) is 18.2 Å². The first-order chi connectivity index (χ1) is 10.3. The average molecular weight is 287 g/mol. The predicted octanol–water partition coefficient (Wildman–Crippen LogP) is 1.08. The van der Waals surface area contributed by atoms with Crippen molar-refractivity contribution in [2.24, 2.45) is 0 Å². The van der Waals surface area contributed by atoms with E-state index in [1.54, 1.807) is 17.7 Å². The Kier molecular flexibility index (Phi) is 3.39. The molecule has 0 saturated carbocycles. The number of esters is 1. The second-order valence-electron chi connectivity index (χ2n) is 4.44. The lowest BCUT2D eigenvalue weighted by molar-refractivity contribution is -0.107. The third-order valence-corrected chi connectivity index (χ3v) is 3.19. The number of aromatic nitrogens is 3. The van der Waals surface area contributed by atoms with Crippen LogP contribution in [0.1, 0.15) is 28.7 Å². The SMILES string of the molecule is CCOC(=O)c1nnn2c1COc1c(CC=O)cccc1-2. The van der Waals surface area contributed by atoms with Crippen molar-refractivity contribution in [3.8, 4) is 11.4 Å². The molecule has 0 spiro atoms. The minimum Gasteiger partial charge on any atom is -0.485 e. The molecule has 2 aromatic rings. The summed E-state index contributed by atoms with van der Waals surface area (Å²) in [4.78, 5) is 22.5. The largest absolute Gasteiger partial charge is 0.485 e. The van der Waals surface area contributed by atoms with Gasteiger partial charge in [-0.15, -0.1) is 5.10 Å². The number of rotatable bonds is 4. The quantitative estimate of drug-likeness (QED) is 0.618. The van der Waals surface area contributed by atoms with Crippen molar-refractivity contribution in [1.82, 2.24) is 15.0 Å². The zero-order valence-corrected chi connectivity index (χ0v) is 11.4. The Hall–Kier alpha value is -2.70. The van der Waals surface area contributed by atoms with Gasteiger partial charge in [0, 0.05) is 12.0 Å². The fourth-order valence-electron chi connectivity index (χ4n) is 2.28. The van der Waals surface area contributed by atoms with Crippen molar-refractivity contribution in [2.45, 2.75) is 20.0 Å². The van der Waals surface area contributed by atoms with E-state index in [1.165, 1.54) is 0 Å². The molecule has 7 nitrogen and oxygen atoms in total. The van der Waals surface area contributed by atoms with Gasteiger partial charge in [0.2, 0.25) is 0 Å². The van der Waals surface area contributed by atoms with Gasteiger partial charge in [-0.05, 0) is 13.0 Å². The highest BCUT2D eigenvalue weighted by Crippen LogP contribution is 2.33. The summed E-state index contributed by atoms with van der Waals surface area (Å²) in [6.07, 6.45) is 1.08. The topological polar surface area (TPSA) is 83.3 Å². The molecular formula is C14H13N3O4. The first kappa shape index (κ1) is 13.3. The number of hydrogen-bond donors (Lipinski definition) is 0. The number of benzene rings is 1. The molecule has 0 amide bonds. The van der Waals surface area contributed by atoms with Gasteiger partial charge < -0.3 is 14.3 Å². The highest BCUT2D eigenvalue weighted by molar-refractivity contribution is 5.88. The van der Waals surface area contributed by atoms with Crippen LogP contribution in [0.3, 0.4) is 0 Å². The summed E-state index contributed by atoms with van der Waals surface area (Å²) in [5, 5.41) is 7.88. The maximum Gasteiger partial charge on any atom is 0.360 e. The van der Waals surface area contributed by atoms with Crippen LogP contribution in [0, 0.1) is 0 Å². The van der Waals surface area contributed by atoms with Gasteiger partial charge in [-0.3, -0.25) is 0 Å². The standard InChI is InChI=1S/C14H13N3O4/c1-2-20-14(19)12-11-8-21-13-9(6-7-18)4-3-5-10(13)17(11)16-15-12/h3-5,7H,2,6,8H2,1H3. The number of hydrogen-bond acceptors (Lipinski definition) is 6. The maximum atomic E-state index is 11.8. The number of para-hydroxylation sites is 1. The van der Waals surface area contributed by atoms with Crippen LogP contribution in [0.2, 0.25) is 0 Å². The number of carbonyl (C=O) groups is 2. The van der Waals surface area contributed by atoms with Gasteiger partial charge in [-0.25, -0.2) is 9.48 Å². The molecule has 0 N–H and O–H groups in total.